The highest BCUT2D eigenvalue weighted by Crippen LogP contribution is 2.13. The highest BCUT2D eigenvalue weighted by Gasteiger charge is 2.13. The molecule has 1 heterocycles. The summed E-state index contributed by atoms with van der Waals surface area (Å²) < 4.78 is 0. The Hall–Kier alpha value is -0.860. The molecule has 2 heteroatoms. The van der Waals surface area contributed by atoms with E-state index in [-0.39, 0.29) is 0 Å². The minimum atomic E-state index is 0.966. The van der Waals surface area contributed by atoms with E-state index in [2.05, 4.69) is 34.5 Å². The van der Waals surface area contributed by atoms with E-state index in [1.807, 2.05) is 7.05 Å². The average Bonchev–Trinajstić information content (AvgIpc) is 2.13. The first-order valence-electron chi connectivity index (χ1n) is 5.33. The van der Waals surface area contributed by atoms with Crippen LogP contribution in [0.15, 0.2) is 24.3 Å². The molecule has 2 nitrogen and oxygen atoms in total. The van der Waals surface area contributed by atoms with Crippen molar-refractivity contribution in [3.63, 3.8) is 0 Å². The summed E-state index contributed by atoms with van der Waals surface area (Å²) >= 11 is 0. The van der Waals surface area contributed by atoms with E-state index in [4.69, 9.17) is 0 Å². The van der Waals surface area contributed by atoms with Crippen molar-refractivity contribution in [2.75, 3.05) is 20.1 Å². The van der Waals surface area contributed by atoms with Gasteiger partial charge < -0.3 is 5.32 Å². The molecule has 1 N–H and O–H groups in total. The molecule has 76 valence electrons. The molecular weight excluding hydrogens is 172 g/mol. The topological polar surface area (TPSA) is 15.3 Å². The molecule has 0 aliphatic carbocycles. The van der Waals surface area contributed by atoms with Gasteiger partial charge in [-0.25, -0.2) is 0 Å². The van der Waals surface area contributed by atoms with Gasteiger partial charge in [-0.05, 0) is 37.7 Å². The fourth-order valence-electron chi connectivity index (χ4n) is 1.84. The van der Waals surface area contributed by atoms with Crippen LogP contribution in [0.25, 0.3) is 0 Å². The molecule has 1 aromatic rings. The van der Waals surface area contributed by atoms with Crippen molar-refractivity contribution in [1.29, 1.82) is 0 Å². The lowest BCUT2D eigenvalue weighted by molar-refractivity contribution is 0.172. The molecule has 0 saturated carbocycles. The second kappa shape index (κ2) is 4.58. The number of rotatable bonds is 4. The lowest BCUT2D eigenvalue weighted by atomic mass is 10.1. The van der Waals surface area contributed by atoms with Crippen LogP contribution in [0.2, 0.25) is 0 Å². The molecule has 0 radical (unpaired) electrons. The summed E-state index contributed by atoms with van der Waals surface area (Å²) in [5, 5.41) is 3.18. The Labute approximate surface area is 85.9 Å². The first-order chi connectivity index (χ1) is 6.88. The van der Waals surface area contributed by atoms with Gasteiger partial charge >= 0.3 is 0 Å². The molecule has 14 heavy (non-hydrogen) atoms. The first-order valence-corrected chi connectivity index (χ1v) is 5.33. The van der Waals surface area contributed by atoms with Gasteiger partial charge in [0.15, 0.2) is 0 Å². The van der Waals surface area contributed by atoms with Crippen molar-refractivity contribution in [2.24, 2.45) is 0 Å². The Bertz CT molecular complexity index is 292. The molecule has 1 fully saturated rings. The Morgan fingerprint density at radius 3 is 2.71 bits per heavy atom. The lowest BCUT2D eigenvalue weighted by Gasteiger charge is -2.30. The van der Waals surface area contributed by atoms with E-state index in [1.165, 1.54) is 30.6 Å². The van der Waals surface area contributed by atoms with Crippen molar-refractivity contribution < 1.29 is 0 Å². The van der Waals surface area contributed by atoms with Gasteiger partial charge in [-0.15, -0.1) is 0 Å². The van der Waals surface area contributed by atoms with Crippen LogP contribution < -0.4 is 5.32 Å². The molecule has 0 atom stereocenters. The van der Waals surface area contributed by atoms with Crippen LogP contribution in [-0.4, -0.2) is 25.0 Å². The predicted octanol–water partition coefficient (Wildman–Crippen LogP) is 1.61. The minimum absolute atomic E-state index is 0.966. The van der Waals surface area contributed by atoms with Crippen LogP contribution in [0.4, 0.5) is 0 Å². The molecule has 2 rings (SSSR count). The fourth-order valence-corrected chi connectivity index (χ4v) is 1.84. The zero-order valence-electron chi connectivity index (χ0n) is 8.79. The normalized spacial score (nSPS) is 16.6. The van der Waals surface area contributed by atoms with E-state index in [1.54, 1.807) is 0 Å². The van der Waals surface area contributed by atoms with Gasteiger partial charge in [0.2, 0.25) is 0 Å². The van der Waals surface area contributed by atoms with Crippen molar-refractivity contribution in [1.82, 2.24) is 10.2 Å². The molecule has 0 spiro atoms. The quantitative estimate of drug-likeness (QED) is 0.776. The van der Waals surface area contributed by atoms with Crippen molar-refractivity contribution >= 4 is 0 Å². The van der Waals surface area contributed by atoms with Crippen LogP contribution in [0.3, 0.4) is 0 Å². The van der Waals surface area contributed by atoms with E-state index in [0.29, 0.717) is 0 Å². The first kappa shape index (κ1) is 9.69. The highest BCUT2D eigenvalue weighted by molar-refractivity contribution is 5.23. The zero-order valence-corrected chi connectivity index (χ0v) is 8.79. The summed E-state index contributed by atoms with van der Waals surface area (Å²) in [5.41, 5.74) is 2.82. The maximum atomic E-state index is 3.18. The monoisotopic (exact) mass is 190 g/mol. The second-order valence-corrected chi connectivity index (χ2v) is 3.98. The number of nitrogens with one attached hydrogen (secondary N) is 1. The minimum Gasteiger partial charge on any atom is -0.316 e. The Kier molecular flexibility index (Phi) is 3.17. The molecule has 0 aromatic heterocycles. The SMILES string of the molecule is CNCc1cccc(CN2CCC2)c1. The van der Waals surface area contributed by atoms with Gasteiger partial charge in [0.25, 0.3) is 0 Å². The largest absolute Gasteiger partial charge is 0.316 e. The van der Waals surface area contributed by atoms with Crippen LogP contribution in [0, 0.1) is 0 Å². The smallest absolute Gasteiger partial charge is 0.0233 e. The number of benzene rings is 1. The molecule has 1 aliphatic rings. The number of hydrogen-bond acceptors (Lipinski definition) is 2. The lowest BCUT2D eigenvalue weighted by Crippen LogP contribution is -2.36. The van der Waals surface area contributed by atoms with Crippen molar-refractivity contribution in [3.8, 4) is 0 Å². The van der Waals surface area contributed by atoms with Gasteiger partial charge in [0.05, 0.1) is 0 Å². The van der Waals surface area contributed by atoms with Gasteiger partial charge in [-0.1, -0.05) is 24.3 Å². The van der Waals surface area contributed by atoms with Crippen LogP contribution >= 0.6 is 0 Å². The summed E-state index contributed by atoms with van der Waals surface area (Å²) in [6.45, 7) is 4.64. The summed E-state index contributed by atoms with van der Waals surface area (Å²) in [6.07, 6.45) is 1.37. The number of hydrogen-bond donors (Lipinski definition) is 1. The Balaban J connectivity index is 1.97. The van der Waals surface area contributed by atoms with E-state index in [9.17, 15) is 0 Å². The van der Waals surface area contributed by atoms with Crippen LogP contribution in [0.1, 0.15) is 17.5 Å². The van der Waals surface area contributed by atoms with Gasteiger partial charge in [-0.3, -0.25) is 4.90 Å². The number of likely N-dealkylation sites (tertiary alicyclic amines) is 1. The molecule has 1 saturated heterocycles. The molecule has 0 unspecified atom stereocenters. The summed E-state index contributed by atoms with van der Waals surface area (Å²) in [5.74, 6) is 0. The van der Waals surface area contributed by atoms with Gasteiger partial charge in [-0.2, -0.15) is 0 Å². The fraction of sp³-hybridized carbons (Fsp3) is 0.500. The zero-order chi connectivity index (χ0) is 9.80. The molecule has 0 bridgehead atoms. The summed E-state index contributed by atoms with van der Waals surface area (Å²) in [7, 11) is 1.99. The molecule has 1 aliphatic heterocycles. The standard InChI is InChI=1S/C12H18N2/c1-13-9-11-4-2-5-12(8-11)10-14-6-3-7-14/h2,4-5,8,13H,3,6-7,9-10H2,1H3. The van der Waals surface area contributed by atoms with E-state index in [0.717, 1.165) is 13.1 Å². The van der Waals surface area contributed by atoms with Crippen LogP contribution in [0.5, 0.6) is 0 Å². The van der Waals surface area contributed by atoms with Crippen molar-refractivity contribution in [2.45, 2.75) is 19.5 Å². The maximum Gasteiger partial charge on any atom is 0.0233 e. The molecule has 0 amide bonds. The number of nitrogens with zero attached hydrogens (tertiary/aromatic N) is 1. The third-order valence-corrected chi connectivity index (χ3v) is 2.73. The molecular formula is C12H18N2. The third kappa shape index (κ3) is 2.34. The van der Waals surface area contributed by atoms with E-state index < -0.39 is 0 Å². The van der Waals surface area contributed by atoms with Crippen LogP contribution in [-0.2, 0) is 13.1 Å². The van der Waals surface area contributed by atoms with Gasteiger partial charge in [0.1, 0.15) is 0 Å². The summed E-state index contributed by atoms with van der Waals surface area (Å²) in [4.78, 5) is 2.48. The predicted molar refractivity (Wildman–Crippen MR) is 59.1 cm³/mol. The summed E-state index contributed by atoms with van der Waals surface area (Å²) in [6, 6.07) is 8.85. The van der Waals surface area contributed by atoms with Crippen molar-refractivity contribution in [3.05, 3.63) is 35.4 Å². The van der Waals surface area contributed by atoms with E-state index >= 15 is 0 Å². The third-order valence-electron chi connectivity index (χ3n) is 2.73. The second-order valence-electron chi connectivity index (χ2n) is 3.98. The molecule has 1 aromatic carbocycles. The average molecular weight is 190 g/mol. The maximum absolute atomic E-state index is 3.18. The Morgan fingerprint density at radius 1 is 1.29 bits per heavy atom. The van der Waals surface area contributed by atoms with Gasteiger partial charge in [0, 0.05) is 13.1 Å². The highest BCUT2D eigenvalue weighted by atomic mass is 15.2. The Morgan fingerprint density at radius 2 is 2.07 bits per heavy atom.